The number of aromatic nitrogens is 2. The number of nitrogens with zero attached hydrogens (tertiary/aromatic N) is 2. The third kappa shape index (κ3) is 2.33. The van der Waals surface area contributed by atoms with Gasteiger partial charge in [0, 0.05) is 0 Å². The summed E-state index contributed by atoms with van der Waals surface area (Å²) in [6.07, 6.45) is 3.23. The van der Waals surface area contributed by atoms with Gasteiger partial charge in [-0.2, -0.15) is 0 Å². The molecule has 2 rings (SSSR count). The van der Waals surface area contributed by atoms with Crippen molar-refractivity contribution < 1.29 is 4.39 Å². The van der Waals surface area contributed by atoms with Gasteiger partial charge in [-0.1, -0.05) is 11.6 Å². The maximum atomic E-state index is 13.2. The first-order valence-corrected chi connectivity index (χ1v) is 5.54. The number of hydrogen-bond donors (Lipinski definition) is 1. The molecule has 0 saturated carbocycles. The summed E-state index contributed by atoms with van der Waals surface area (Å²) < 4.78 is 14.9. The molecule has 5 heteroatoms. The molecule has 1 heterocycles. The molecule has 17 heavy (non-hydrogen) atoms. The molecule has 2 N–H and O–H groups in total. The van der Waals surface area contributed by atoms with Crippen LogP contribution in [0.5, 0.6) is 0 Å². The SMILES string of the molecule is CC(C)(N)c1cncn1-c1cc(F)ccc1Cl. The number of nitrogens with two attached hydrogens (primary N) is 1. The van der Waals surface area contributed by atoms with E-state index in [2.05, 4.69) is 4.98 Å². The highest BCUT2D eigenvalue weighted by atomic mass is 35.5. The fourth-order valence-corrected chi connectivity index (χ4v) is 1.84. The van der Waals surface area contributed by atoms with Crippen LogP contribution in [0.15, 0.2) is 30.7 Å². The normalized spacial score (nSPS) is 11.8. The van der Waals surface area contributed by atoms with Gasteiger partial charge in [0.25, 0.3) is 0 Å². The van der Waals surface area contributed by atoms with Crippen LogP contribution in [-0.2, 0) is 5.54 Å². The van der Waals surface area contributed by atoms with Crippen LogP contribution in [-0.4, -0.2) is 9.55 Å². The van der Waals surface area contributed by atoms with Crippen LogP contribution >= 0.6 is 11.6 Å². The van der Waals surface area contributed by atoms with Crippen molar-refractivity contribution in [1.29, 1.82) is 0 Å². The Morgan fingerprint density at radius 2 is 2.12 bits per heavy atom. The average Bonchev–Trinajstić information content (AvgIpc) is 2.69. The zero-order valence-corrected chi connectivity index (χ0v) is 10.4. The van der Waals surface area contributed by atoms with Crippen LogP contribution in [0.25, 0.3) is 5.69 Å². The summed E-state index contributed by atoms with van der Waals surface area (Å²) in [5.41, 5.74) is 6.76. The fourth-order valence-electron chi connectivity index (χ4n) is 1.63. The summed E-state index contributed by atoms with van der Waals surface area (Å²) in [4.78, 5) is 4.04. The van der Waals surface area contributed by atoms with Crippen molar-refractivity contribution >= 4 is 11.6 Å². The van der Waals surface area contributed by atoms with Crippen LogP contribution in [0.4, 0.5) is 4.39 Å². The van der Waals surface area contributed by atoms with Gasteiger partial charge in [0.2, 0.25) is 0 Å². The highest BCUT2D eigenvalue weighted by molar-refractivity contribution is 6.32. The van der Waals surface area contributed by atoms with Crippen LogP contribution < -0.4 is 5.73 Å². The second-order valence-corrected chi connectivity index (χ2v) is 4.87. The van der Waals surface area contributed by atoms with Crippen LogP contribution in [0, 0.1) is 5.82 Å². The summed E-state index contributed by atoms with van der Waals surface area (Å²) in [7, 11) is 0. The van der Waals surface area contributed by atoms with E-state index in [1.807, 2.05) is 13.8 Å². The molecule has 0 spiro atoms. The molecule has 1 aromatic carbocycles. The molecule has 1 aromatic heterocycles. The van der Waals surface area contributed by atoms with Crippen molar-refractivity contribution in [1.82, 2.24) is 9.55 Å². The molecule has 0 aliphatic heterocycles. The second kappa shape index (κ2) is 4.13. The van der Waals surface area contributed by atoms with Gasteiger partial charge in [0.05, 0.1) is 34.5 Å². The predicted octanol–water partition coefficient (Wildman–Crippen LogP) is 2.86. The zero-order chi connectivity index (χ0) is 12.6. The number of rotatable bonds is 2. The summed E-state index contributed by atoms with van der Waals surface area (Å²) >= 11 is 6.05. The van der Waals surface area contributed by atoms with E-state index in [1.54, 1.807) is 17.1 Å². The molecule has 0 atom stereocenters. The van der Waals surface area contributed by atoms with E-state index >= 15 is 0 Å². The maximum Gasteiger partial charge on any atom is 0.125 e. The highest BCUT2D eigenvalue weighted by Crippen LogP contribution is 2.26. The summed E-state index contributed by atoms with van der Waals surface area (Å²) in [5.74, 6) is -0.348. The molecular weight excluding hydrogens is 241 g/mol. The van der Waals surface area contributed by atoms with E-state index in [0.717, 1.165) is 5.69 Å². The van der Waals surface area contributed by atoms with E-state index in [4.69, 9.17) is 17.3 Å². The zero-order valence-electron chi connectivity index (χ0n) is 9.61. The monoisotopic (exact) mass is 253 g/mol. The second-order valence-electron chi connectivity index (χ2n) is 4.47. The van der Waals surface area contributed by atoms with Gasteiger partial charge in [0.15, 0.2) is 0 Å². The lowest BCUT2D eigenvalue weighted by Crippen LogP contribution is -2.31. The van der Waals surface area contributed by atoms with Gasteiger partial charge in [0.1, 0.15) is 5.82 Å². The third-order valence-corrected chi connectivity index (χ3v) is 2.79. The molecule has 0 aliphatic rings. The molecule has 0 radical (unpaired) electrons. The topological polar surface area (TPSA) is 43.8 Å². The Labute approximate surface area is 104 Å². The lowest BCUT2D eigenvalue weighted by atomic mass is 10.0. The lowest BCUT2D eigenvalue weighted by Gasteiger charge is -2.21. The van der Waals surface area contributed by atoms with Gasteiger partial charge < -0.3 is 5.73 Å². The van der Waals surface area contributed by atoms with Crippen LogP contribution in [0.1, 0.15) is 19.5 Å². The highest BCUT2D eigenvalue weighted by Gasteiger charge is 2.20. The minimum atomic E-state index is -0.577. The summed E-state index contributed by atoms with van der Waals surface area (Å²) in [5, 5.41) is 0.454. The van der Waals surface area contributed by atoms with Gasteiger partial charge in [-0.15, -0.1) is 0 Å². The quantitative estimate of drug-likeness (QED) is 0.894. The third-order valence-electron chi connectivity index (χ3n) is 2.47. The maximum absolute atomic E-state index is 13.2. The van der Waals surface area contributed by atoms with Gasteiger partial charge in [-0.05, 0) is 32.0 Å². The van der Waals surface area contributed by atoms with Crippen LogP contribution in [0.3, 0.4) is 0 Å². The minimum Gasteiger partial charge on any atom is -0.321 e. The minimum absolute atomic E-state index is 0.348. The molecule has 0 amide bonds. The lowest BCUT2D eigenvalue weighted by molar-refractivity contribution is 0.524. The van der Waals surface area contributed by atoms with Crippen molar-refractivity contribution in [2.75, 3.05) is 0 Å². The first-order chi connectivity index (χ1) is 7.89. The number of benzene rings is 1. The first-order valence-electron chi connectivity index (χ1n) is 5.17. The van der Waals surface area contributed by atoms with Crippen molar-refractivity contribution in [2.24, 2.45) is 5.73 Å². The Morgan fingerprint density at radius 3 is 2.76 bits per heavy atom. The molecular formula is C12H13ClFN3. The van der Waals surface area contributed by atoms with Crippen molar-refractivity contribution in [3.05, 3.63) is 47.3 Å². The Bertz CT molecular complexity index is 543. The molecule has 3 nitrogen and oxygen atoms in total. The standard InChI is InChI=1S/C12H13ClFN3/c1-12(2,15)11-6-16-7-17(11)10-5-8(14)3-4-9(10)13/h3-7H,15H2,1-2H3. The Kier molecular flexibility index (Phi) is 2.93. The molecule has 0 unspecified atom stereocenters. The summed E-state index contributed by atoms with van der Waals surface area (Å²) in [6.45, 7) is 3.71. The fraction of sp³-hybridized carbons (Fsp3) is 0.250. The van der Waals surface area contributed by atoms with E-state index in [0.29, 0.717) is 10.7 Å². The number of hydrogen-bond acceptors (Lipinski definition) is 2. The number of halogens is 2. The largest absolute Gasteiger partial charge is 0.321 e. The smallest absolute Gasteiger partial charge is 0.125 e. The Morgan fingerprint density at radius 1 is 1.41 bits per heavy atom. The molecule has 0 bridgehead atoms. The van der Waals surface area contributed by atoms with Crippen molar-refractivity contribution in [2.45, 2.75) is 19.4 Å². The van der Waals surface area contributed by atoms with Crippen LogP contribution in [0.2, 0.25) is 5.02 Å². The van der Waals surface area contributed by atoms with Crippen molar-refractivity contribution in [3.8, 4) is 5.69 Å². The molecule has 0 saturated heterocycles. The Hall–Kier alpha value is -1.39. The molecule has 2 aromatic rings. The van der Waals surface area contributed by atoms with Crippen molar-refractivity contribution in [3.63, 3.8) is 0 Å². The van der Waals surface area contributed by atoms with E-state index in [9.17, 15) is 4.39 Å². The average molecular weight is 254 g/mol. The van der Waals surface area contributed by atoms with Gasteiger partial charge in [-0.25, -0.2) is 9.37 Å². The first kappa shape index (κ1) is 12.1. The van der Waals surface area contributed by atoms with E-state index in [1.165, 1.54) is 18.2 Å². The molecule has 0 aliphatic carbocycles. The Balaban J connectivity index is 2.61. The number of imidazole rings is 1. The van der Waals surface area contributed by atoms with E-state index in [-0.39, 0.29) is 5.82 Å². The molecule has 0 fully saturated rings. The van der Waals surface area contributed by atoms with E-state index < -0.39 is 5.54 Å². The summed E-state index contributed by atoms with van der Waals surface area (Å²) in [6, 6.07) is 4.19. The van der Waals surface area contributed by atoms with Gasteiger partial charge >= 0.3 is 0 Å². The predicted molar refractivity (Wildman–Crippen MR) is 65.7 cm³/mol. The molecule has 90 valence electrons. The van der Waals surface area contributed by atoms with Gasteiger partial charge in [-0.3, -0.25) is 4.57 Å².